The third-order valence-corrected chi connectivity index (χ3v) is 2.73. The summed E-state index contributed by atoms with van der Waals surface area (Å²) in [7, 11) is 0. The molecule has 0 spiro atoms. The Balaban J connectivity index is 2.81. The van der Waals surface area contributed by atoms with Gasteiger partial charge < -0.3 is 0 Å². The number of fused-ring (bicyclic) bond motifs is 1. The van der Waals surface area contributed by atoms with Crippen molar-refractivity contribution in [2.75, 3.05) is 5.48 Å². The fraction of sp³-hybridized carbons (Fsp3) is 0.143. The Bertz CT molecular complexity index is 412. The second-order valence-electron chi connectivity index (χ2n) is 2.43. The van der Waals surface area contributed by atoms with Crippen LogP contribution >= 0.6 is 11.3 Å². The van der Waals surface area contributed by atoms with Crippen LogP contribution in [0, 0.1) is 6.92 Å². The fourth-order valence-corrected chi connectivity index (χ4v) is 1.99. The maximum absolute atomic E-state index is 8.71. The molecule has 2 rings (SSSR count). The zero-order chi connectivity index (χ0) is 8.55. The van der Waals surface area contributed by atoms with Gasteiger partial charge in [-0.15, -0.1) is 11.3 Å². The highest BCUT2D eigenvalue weighted by Crippen LogP contribution is 2.27. The fourth-order valence-electron chi connectivity index (χ4n) is 1.05. The van der Waals surface area contributed by atoms with E-state index in [1.807, 2.05) is 17.8 Å². The average molecular weight is 181 g/mol. The van der Waals surface area contributed by atoms with Crippen molar-refractivity contribution in [3.8, 4) is 0 Å². The number of anilines is 1. The lowest BCUT2D eigenvalue weighted by Gasteiger charge is -1.97. The normalized spacial score (nSPS) is 10.5. The molecule has 0 aliphatic carbocycles. The van der Waals surface area contributed by atoms with Crippen LogP contribution in [-0.2, 0) is 0 Å². The van der Waals surface area contributed by atoms with Crippen LogP contribution in [0.15, 0.2) is 11.7 Å². The molecule has 0 unspecified atom stereocenters. The van der Waals surface area contributed by atoms with Crippen molar-refractivity contribution in [1.82, 2.24) is 9.97 Å². The van der Waals surface area contributed by atoms with E-state index in [9.17, 15) is 0 Å². The molecule has 0 aliphatic rings. The van der Waals surface area contributed by atoms with Gasteiger partial charge in [0, 0.05) is 0 Å². The largest absolute Gasteiger partial charge is 0.290 e. The summed E-state index contributed by atoms with van der Waals surface area (Å²) in [5.74, 6) is 0.470. The van der Waals surface area contributed by atoms with Crippen LogP contribution in [0.4, 0.5) is 5.82 Å². The van der Waals surface area contributed by atoms with Crippen LogP contribution in [0.3, 0.4) is 0 Å². The Morgan fingerprint density at radius 1 is 1.50 bits per heavy atom. The first-order valence-corrected chi connectivity index (χ1v) is 4.30. The Labute approximate surface area is 72.9 Å². The average Bonchev–Trinajstić information content (AvgIpc) is 2.48. The highest BCUT2D eigenvalue weighted by atomic mass is 32.1. The van der Waals surface area contributed by atoms with Crippen molar-refractivity contribution in [1.29, 1.82) is 0 Å². The van der Waals surface area contributed by atoms with Gasteiger partial charge in [0.1, 0.15) is 6.33 Å². The standard InChI is InChI=1S/C7H7N3OS/c1-4-2-12-6-5(4)8-3-9-7(6)10-11/h2-3,11H,1H3,(H,8,9,10). The van der Waals surface area contributed by atoms with Crippen molar-refractivity contribution in [2.24, 2.45) is 0 Å². The summed E-state index contributed by atoms with van der Waals surface area (Å²) in [6.07, 6.45) is 1.43. The van der Waals surface area contributed by atoms with Crippen molar-refractivity contribution < 1.29 is 5.21 Å². The first kappa shape index (κ1) is 7.45. The first-order chi connectivity index (χ1) is 5.83. The maximum atomic E-state index is 8.71. The highest BCUT2D eigenvalue weighted by Gasteiger charge is 2.05. The molecule has 0 amide bonds. The van der Waals surface area contributed by atoms with E-state index in [2.05, 4.69) is 9.97 Å². The number of nitrogens with one attached hydrogen (secondary N) is 1. The molecular formula is C7H7N3OS. The number of rotatable bonds is 1. The minimum Gasteiger partial charge on any atom is -0.290 e. The van der Waals surface area contributed by atoms with Gasteiger partial charge in [0.2, 0.25) is 0 Å². The number of hydrogen-bond donors (Lipinski definition) is 2. The molecule has 0 atom stereocenters. The van der Waals surface area contributed by atoms with Gasteiger partial charge in [-0.1, -0.05) is 0 Å². The van der Waals surface area contributed by atoms with Crippen molar-refractivity contribution >= 4 is 27.4 Å². The molecule has 0 radical (unpaired) electrons. The molecule has 2 aromatic heterocycles. The topological polar surface area (TPSA) is 58.0 Å². The Morgan fingerprint density at radius 3 is 3.08 bits per heavy atom. The lowest BCUT2D eigenvalue weighted by Crippen LogP contribution is -1.93. The van der Waals surface area contributed by atoms with Crippen LogP contribution in [0.25, 0.3) is 10.2 Å². The Hall–Kier alpha value is -1.20. The number of hydrogen-bond acceptors (Lipinski definition) is 5. The molecule has 0 saturated carbocycles. The molecule has 2 heterocycles. The minimum absolute atomic E-state index is 0.470. The molecule has 4 nitrogen and oxygen atoms in total. The highest BCUT2D eigenvalue weighted by molar-refractivity contribution is 7.17. The van der Waals surface area contributed by atoms with Gasteiger partial charge in [-0.2, -0.15) is 0 Å². The molecule has 0 bridgehead atoms. The summed E-state index contributed by atoms with van der Waals surface area (Å²) in [5, 5.41) is 10.7. The molecular weight excluding hydrogens is 174 g/mol. The number of thiophene rings is 1. The van der Waals surface area contributed by atoms with Gasteiger partial charge >= 0.3 is 0 Å². The molecule has 2 aromatic rings. The van der Waals surface area contributed by atoms with Crippen LogP contribution in [0.5, 0.6) is 0 Å². The summed E-state index contributed by atoms with van der Waals surface area (Å²) in [5.41, 5.74) is 4.04. The van der Waals surface area contributed by atoms with Gasteiger partial charge in [-0.05, 0) is 17.9 Å². The second-order valence-corrected chi connectivity index (χ2v) is 3.31. The monoisotopic (exact) mass is 181 g/mol. The van der Waals surface area contributed by atoms with Gasteiger partial charge in [0.15, 0.2) is 5.82 Å². The van der Waals surface area contributed by atoms with E-state index in [0.29, 0.717) is 5.82 Å². The van der Waals surface area contributed by atoms with Gasteiger partial charge in [-0.25, -0.2) is 9.97 Å². The lowest BCUT2D eigenvalue weighted by atomic mass is 10.3. The zero-order valence-electron chi connectivity index (χ0n) is 6.40. The van der Waals surface area contributed by atoms with Gasteiger partial charge in [-0.3, -0.25) is 10.7 Å². The van der Waals surface area contributed by atoms with Gasteiger partial charge in [0.25, 0.3) is 0 Å². The SMILES string of the molecule is Cc1csc2c(NO)ncnc12. The summed E-state index contributed by atoms with van der Waals surface area (Å²) >= 11 is 1.52. The van der Waals surface area contributed by atoms with Crippen molar-refractivity contribution in [2.45, 2.75) is 6.92 Å². The molecule has 62 valence electrons. The van der Waals surface area contributed by atoms with Crippen LogP contribution in [0.1, 0.15) is 5.56 Å². The third-order valence-electron chi connectivity index (χ3n) is 1.64. The van der Waals surface area contributed by atoms with E-state index in [1.54, 1.807) is 0 Å². The first-order valence-electron chi connectivity index (χ1n) is 3.42. The molecule has 2 N–H and O–H groups in total. The number of aromatic nitrogens is 2. The summed E-state index contributed by atoms with van der Waals surface area (Å²) in [6, 6.07) is 0. The van der Waals surface area contributed by atoms with E-state index in [-0.39, 0.29) is 0 Å². The van der Waals surface area contributed by atoms with Crippen molar-refractivity contribution in [3.63, 3.8) is 0 Å². The second kappa shape index (κ2) is 2.69. The van der Waals surface area contributed by atoms with E-state index in [1.165, 1.54) is 17.7 Å². The van der Waals surface area contributed by atoms with Crippen LogP contribution < -0.4 is 5.48 Å². The van der Waals surface area contributed by atoms with E-state index < -0.39 is 0 Å². The smallest absolute Gasteiger partial charge is 0.170 e. The Morgan fingerprint density at radius 2 is 2.33 bits per heavy atom. The van der Waals surface area contributed by atoms with Crippen LogP contribution in [0.2, 0.25) is 0 Å². The quantitative estimate of drug-likeness (QED) is 0.658. The zero-order valence-corrected chi connectivity index (χ0v) is 7.22. The summed E-state index contributed by atoms with van der Waals surface area (Å²) in [6.45, 7) is 1.98. The number of nitrogens with zero attached hydrogens (tertiary/aromatic N) is 2. The molecule has 0 aromatic carbocycles. The number of aryl methyl sites for hydroxylation is 1. The molecule has 0 fully saturated rings. The molecule has 0 aliphatic heterocycles. The van der Waals surface area contributed by atoms with E-state index in [0.717, 1.165) is 15.8 Å². The summed E-state index contributed by atoms with van der Waals surface area (Å²) < 4.78 is 0.887. The predicted molar refractivity (Wildman–Crippen MR) is 47.6 cm³/mol. The maximum Gasteiger partial charge on any atom is 0.170 e. The predicted octanol–water partition coefficient (Wildman–Crippen LogP) is 1.80. The molecule has 12 heavy (non-hydrogen) atoms. The van der Waals surface area contributed by atoms with E-state index >= 15 is 0 Å². The third kappa shape index (κ3) is 0.945. The van der Waals surface area contributed by atoms with E-state index in [4.69, 9.17) is 5.21 Å². The van der Waals surface area contributed by atoms with Gasteiger partial charge in [0.05, 0.1) is 10.2 Å². The minimum atomic E-state index is 0.470. The lowest BCUT2D eigenvalue weighted by molar-refractivity contribution is 0.387. The molecule has 0 saturated heterocycles. The summed E-state index contributed by atoms with van der Waals surface area (Å²) in [4.78, 5) is 7.97. The van der Waals surface area contributed by atoms with Crippen molar-refractivity contribution in [3.05, 3.63) is 17.3 Å². The Kier molecular flexibility index (Phi) is 1.67. The molecule has 5 heteroatoms. The van der Waals surface area contributed by atoms with Crippen LogP contribution in [-0.4, -0.2) is 15.2 Å².